The minimum atomic E-state index is -0.655. The highest BCUT2D eigenvalue weighted by Crippen LogP contribution is 2.19. The van der Waals surface area contributed by atoms with Crippen LogP contribution in [-0.2, 0) is 14.3 Å². The number of ether oxygens (including phenoxy) is 1. The molecule has 2 N–H and O–H groups in total. The molecule has 0 heterocycles. The quantitative estimate of drug-likeness (QED) is 0.559. The van der Waals surface area contributed by atoms with E-state index in [0.29, 0.717) is 5.75 Å². The Morgan fingerprint density at radius 2 is 1.81 bits per heavy atom. The molecule has 1 aliphatic carbocycles. The van der Waals surface area contributed by atoms with Crippen molar-refractivity contribution in [2.45, 2.75) is 49.5 Å². The molecule has 1 saturated carbocycles. The summed E-state index contributed by atoms with van der Waals surface area (Å²) < 4.78 is 17.6. The first-order valence-corrected chi connectivity index (χ1v) is 9.66. The molecule has 0 aliphatic heterocycles. The number of nitrogens with one attached hydrogen (secondary N) is 2. The average Bonchev–Trinajstić information content (AvgIpc) is 2.62. The maximum atomic E-state index is 12.8. The standard InChI is InChI=1S/C18H23FN2O4S/c19-13-6-8-15(9-7-13)26-11-10-17(23)25-12-16(22)21-18(24)20-14-4-2-1-3-5-14/h6-9,14H,1-5,10-12H2,(H2,20,21,22,24). The number of hydrogen-bond donors (Lipinski definition) is 2. The zero-order valence-corrected chi connectivity index (χ0v) is 15.3. The first-order valence-electron chi connectivity index (χ1n) is 8.67. The van der Waals surface area contributed by atoms with Gasteiger partial charge in [0.1, 0.15) is 5.82 Å². The molecule has 0 radical (unpaired) electrons. The molecule has 0 spiro atoms. The molecule has 8 heteroatoms. The summed E-state index contributed by atoms with van der Waals surface area (Å²) in [6.07, 6.45) is 5.28. The van der Waals surface area contributed by atoms with Gasteiger partial charge in [-0.3, -0.25) is 14.9 Å². The van der Waals surface area contributed by atoms with E-state index in [4.69, 9.17) is 4.74 Å². The number of benzene rings is 1. The van der Waals surface area contributed by atoms with E-state index in [1.165, 1.54) is 30.3 Å². The van der Waals surface area contributed by atoms with Gasteiger partial charge in [0.2, 0.25) is 0 Å². The zero-order chi connectivity index (χ0) is 18.8. The summed E-state index contributed by atoms with van der Waals surface area (Å²) in [4.78, 5) is 35.8. The summed E-state index contributed by atoms with van der Waals surface area (Å²) in [6, 6.07) is 5.51. The average molecular weight is 382 g/mol. The molecule has 0 unspecified atom stereocenters. The highest BCUT2D eigenvalue weighted by atomic mass is 32.2. The van der Waals surface area contributed by atoms with E-state index in [2.05, 4.69) is 10.6 Å². The third kappa shape index (κ3) is 7.86. The molecule has 1 aromatic carbocycles. The van der Waals surface area contributed by atoms with Crippen LogP contribution < -0.4 is 10.6 Å². The van der Waals surface area contributed by atoms with Crippen LogP contribution >= 0.6 is 11.8 Å². The Balaban J connectivity index is 1.56. The molecular weight excluding hydrogens is 359 g/mol. The topological polar surface area (TPSA) is 84.5 Å². The van der Waals surface area contributed by atoms with Gasteiger partial charge in [0.25, 0.3) is 5.91 Å². The first kappa shape index (κ1) is 20.2. The van der Waals surface area contributed by atoms with Gasteiger partial charge >= 0.3 is 12.0 Å². The smallest absolute Gasteiger partial charge is 0.321 e. The Morgan fingerprint density at radius 3 is 2.50 bits per heavy atom. The Hall–Kier alpha value is -2.09. The molecule has 1 aliphatic rings. The molecule has 26 heavy (non-hydrogen) atoms. The molecule has 0 atom stereocenters. The monoisotopic (exact) mass is 382 g/mol. The number of thioether (sulfide) groups is 1. The van der Waals surface area contributed by atoms with Crippen molar-refractivity contribution in [3.05, 3.63) is 30.1 Å². The van der Waals surface area contributed by atoms with Gasteiger partial charge in [-0.2, -0.15) is 0 Å². The van der Waals surface area contributed by atoms with Crippen LogP contribution in [0.25, 0.3) is 0 Å². The van der Waals surface area contributed by atoms with E-state index >= 15 is 0 Å². The largest absolute Gasteiger partial charge is 0.456 e. The van der Waals surface area contributed by atoms with Gasteiger partial charge in [0, 0.05) is 16.7 Å². The fourth-order valence-corrected chi connectivity index (χ4v) is 3.47. The van der Waals surface area contributed by atoms with Gasteiger partial charge in [0.15, 0.2) is 6.61 Å². The second kappa shape index (κ2) is 10.8. The predicted molar refractivity (Wildman–Crippen MR) is 96.2 cm³/mol. The molecule has 3 amide bonds. The van der Waals surface area contributed by atoms with E-state index in [-0.39, 0.29) is 18.3 Å². The van der Waals surface area contributed by atoms with E-state index in [9.17, 15) is 18.8 Å². The van der Waals surface area contributed by atoms with Crippen molar-refractivity contribution in [2.24, 2.45) is 0 Å². The lowest BCUT2D eigenvalue weighted by atomic mass is 9.96. The summed E-state index contributed by atoms with van der Waals surface area (Å²) in [5.41, 5.74) is 0. The summed E-state index contributed by atoms with van der Waals surface area (Å²) in [5, 5.41) is 4.92. The number of halogens is 1. The Morgan fingerprint density at radius 1 is 1.12 bits per heavy atom. The number of esters is 1. The molecule has 1 aromatic rings. The van der Waals surface area contributed by atoms with Crippen molar-refractivity contribution < 1.29 is 23.5 Å². The highest BCUT2D eigenvalue weighted by molar-refractivity contribution is 7.99. The summed E-state index contributed by atoms with van der Waals surface area (Å²) in [5.74, 6) is -1.04. The lowest BCUT2D eigenvalue weighted by Gasteiger charge is -2.22. The Kier molecular flexibility index (Phi) is 8.40. The minimum Gasteiger partial charge on any atom is -0.456 e. The fraction of sp³-hybridized carbons (Fsp3) is 0.500. The zero-order valence-electron chi connectivity index (χ0n) is 14.5. The van der Waals surface area contributed by atoms with E-state index in [0.717, 1.165) is 30.6 Å². The maximum absolute atomic E-state index is 12.8. The van der Waals surface area contributed by atoms with E-state index < -0.39 is 24.5 Å². The number of carbonyl (C=O) groups is 3. The van der Waals surface area contributed by atoms with Crippen LogP contribution in [0.5, 0.6) is 0 Å². The molecule has 1 fully saturated rings. The number of rotatable bonds is 7. The van der Waals surface area contributed by atoms with Crippen molar-refractivity contribution in [3.8, 4) is 0 Å². The minimum absolute atomic E-state index is 0.0996. The third-order valence-corrected chi connectivity index (χ3v) is 4.96. The van der Waals surface area contributed by atoms with Gasteiger partial charge in [-0.1, -0.05) is 19.3 Å². The van der Waals surface area contributed by atoms with Crippen LogP contribution in [-0.4, -0.2) is 36.3 Å². The third-order valence-electron chi connectivity index (χ3n) is 3.95. The van der Waals surface area contributed by atoms with Crippen LogP contribution in [0.1, 0.15) is 38.5 Å². The normalized spacial score (nSPS) is 14.5. The second-order valence-electron chi connectivity index (χ2n) is 6.07. The maximum Gasteiger partial charge on any atom is 0.321 e. The SMILES string of the molecule is O=C(COC(=O)CCSc1ccc(F)cc1)NC(=O)NC1CCCCC1. The fourth-order valence-electron chi connectivity index (χ4n) is 2.63. The summed E-state index contributed by atoms with van der Waals surface area (Å²) in [7, 11) is 0. The predicted octanol–water partition coefficient (Wildman–Crippen LogP) is 3.01. The molecule has 0 aromatic heterocycles. The number of amides is 3. The van der Waals surface area contributed by atoms with Gasteiger partial charge < -0.3 is 10.1 Å². The Bertz CT molecular complexity index is 618. The van der Waals surface area contributed by atoms with Crippen LogP contribution in [0, 0.1) is 5.82 Å². The van der Waals surface area contributed by atoms with Crippen molar-refractivity contribution in [2.75, 3.05) is 12.4 Å². The van der Waals surface area contributed by atoms with Gasteiger partial charge in [-0.15, -0.1) is 11.8 Å². The first-order chi connectivity index (χ1) is 12.5. The van der Waals surface area contributed by atoms with Gasteiger partial charge in [-0.25, -0.2) is 9.18 Å². The van der Waals surface area contributed by atoms with Crippen molar-refractivity contribution >= 4 is 29.7 Å². The summed E-state index contributed by atoms with van der Waals surface area (Å²) in [6.45, 7) is -0.488. The molecule has 0 bridgehead atoms. The molecule has 6 nitrogen and oxygen atoms in total. The highest BCUT2D eigenvalue weighted by Gasteiger charge is 2.17. The van der Waals surface area contributed by atoms with Gasteiger partial charge in [-0.05, 0) is 37.1 Å². The Labute approximate surface area is 156 Å². The molecule has 142 valence electrons. The van der Waals surface area contributed by atoms with Crippen LogP contribution in [0.4, 0.5) is 9.18 Å². The molecule has 2 rings (SSSR count). The number of carbonyl (C=O) groups excluding carboxylic acids is 3. The van der Waals surface area contributed by atoms with E-state index in [1.54, 1.807) is 12.1 Å². The lowest BCUT2D eigenvalue weighted by Crippen LogP contribution is -2.46. The lowest BCUT2D eigenvalue weighted by molar-refractivity contribution is -0.147. The number of imide groups is 1. The molecule has 0 saturated heterocycles. The van der Waals surface area contributed by atoms with Crippen LogP contribution in [0.15, 0.2) is 29.2 Å². The van der Waals surface area contributed by atoms with Crippen molar-refractivity contribution in [1.82, 2.24) is 10.6 Å². The van der Waals surface area contributed by atoms with Crippen LogP contribution in [0.2, 0.25) is 0 Å². The second-order valence-corrected chi connectivity index (χ2v) is 7.24. The number of urea groups is 1. The summed E-state index contributed by atoms with van der Waals surface area (Å²) >= 11 is 1.39. The van der Waals surface area contributed by atoms with Crippen molar-refractivity contribution in [1.29, 1.82) is 0 Å². The van der Waals surface area contributed by atoms with E-state index in [1.807, 2.05) is 0 Å². The van der Waals surface area contributed by atoms with Gasteiger partial charge in [0.05, 0.1) is 6.42 Å². The molecular formula is C18H23FN2O4S. The number of hydrogen-bond acceptors (Lipinski definition) is 5. The van der Waals surface area contributed by atoms with Crippen molar-refractivity contribution in [3.63, 3.8) is 0 Å². The van der Waals surface area contributed by atoms with Crippen LogP contribution in [0.3, 0.4) is 0 Å².